The topological polar surface area (TPSA) is 79.5 Å². The molecular formula is C16H26ClN3O3S. The molecule has 1 aromatic rings. The van der Waals surface area contributed by atoms with Crippen LogP contribution in [0.5, 0.6) is 0 Å². The van der Waals surface area contributed by atoms with Crippen molar-refractivity contribution in [3.8, 4) is 0 Å². The third kappa shape index (κ3) is 6.76. The Balaban J connectivity index is 0.00000288. The van der Waals surface area contributed by atoms with Crippen LogP contribution in [0.1, 0.15) is 33.0 Å². The Kier molecular flexibility index (Phi) is 9.94. The van der Waals surface area contributed by atoms with Gasteiger partial charge in [-0.2, -0.15) is 0 Å². The van der Waals surface area contributed by atoms with E-state index in [0.29, 0.717) is 24.6 Å². The summed E-state index contributed by atoms with van der Waals surface area (Å²) < 4.78 is 4.91. The lowest BCUT2D eigenvalue weighted by atomic mass is 9.99. The summed E-state index contributed by atoms with van der Waals surface area (Å²) in [6.07, 6.45) is 4.54. The number of methoxy groups -OCH3 is 1. The summed E-state index contributed by atoms with van der Waals surface area (Å²) in [5, 5.41) is 8.58. The van der Waals surface area contributed by atoms with Gasteiger partial charge >= 0.3 is 0 Å². The number of ether oxygens (including phenoxy) is 1. The zero-order valence-corrected chi connectivity index (χ0v) is 15.6. The molecule has 0 aliphatic heterocycles. The van der Waals surface area contributed by atoms with Crippen molar-refractivity contribution in [2.45, 2.75) is 25.7 Å². The minimum Gasteiger partial charge on any atom is -0.383 e. The highest BCUT2D eigenvalue weighted by atomic mass is 35.5. The Morgan fingerprint density at radius 3 is 2.71 bits per heavy atom. The van der Waals surface area contributed by atoms with E-state index in [1.165, 1.54) is 23.3 Å². The van der Waals surface area contributed by atoms with Gasteiger partial charge in [-0.1, -0.05) is 0 Å². The molecular weight excluding hydrogens is 350 g/mol. The molecule has 8 heteroatoms. The highest BCUT2D eigenvalue weighted by Crippen LogP contribution is 2.29. The molecule has 2 amide bonds. The number of rotatable bonds is 9. The third-order valence-corrected chi connectivity index (χ3v) is 4.97. The average molecular weight is 376 g/mol. The number of hydrogen-bond donors (Lipinski definition) is 3. The summed E-state index contributed by atoms with van der Waals surface area (Å²) in [5.41, 5.74) is 1.30. The van der Waals surface area contributed by atoms with Gasteiger partial charge in [-0.25, -0.2) is 0 Å². The Morgan fingerprint density at radius 1 is 1.17 bits per heavy atom. The molecule has 1 aliphatic rings. The first-order valence-electron chi connectivity index (χ1n) is 8.07. The number of aryl methyl sites for hydroxylation is 2. The fraction of sp³-hybridized carbons (Fsp3) is 0.625. The summed E-state index contributed by atoms with van der Waals surface area (Å²) in [5.74, 6) is -0.328. The molecule has 1 heterocycles. The van der Waals surface area contributed by atoms with Crippen LogP contribution in [-0.2, 0) is 22.4 Å². The molecule has 0 bridgehead atoms. The molecule has 24 heavy (non-hydrogen) atoms. The van der Waals surface area contributed by atoms with Gasteiger partial charge in [0.05, 0.1) is 18.0 Å². The first-order chi connectivity index (χ1) is 11.2. The van der Waals surface area contributed by atoms with E-state index < -0.39 is 0 Å². The van der Waals surface area contributed by atoms with Gasteiger partial charge in [0, 0.05) is 31.6 Å². The number of amides is 2. The molecule has 3 N–H and O–H groups in total. The van der Waals surface area contributed by atoms with Crippen LogP contribution < -0.4 is 16.0 Å². The number of halogens is 1. The maximum atomic E-state index is 12.1. The molecule has 0 unspecified atom stereocenters. The second kappa shape index (κ2) is 11.4. The number of nitrogens with one attached hydrogen (secondary N) is 3. The normalized spacial score (nSPS) is 12.9. The van der Waals surface area contributed by atoms with E-state index in [1.807, 2.05) is 6.07 Å². The molecule has 6 nitrogen and oxygen atoms in total. The van der Waals surface area contributed by atoms with Crippen molar-refractivity contribution in [2.75, 3.05) is 39.9 Å². The molecule has 136 valence electrons. The number of thiophene rings is 1. The molecule has 0 radical (unpaired) electrons. The Bertz CT molecular complexity index is 513. The second-order valence-electron chi connectivity index (χ2n) is 5.54. The summed E-state index contributed by atoms with van der Waals surface area (Å²) in [6.45, 7) is 2.63. The molecule has 0 fully saturated rings. The predicted molar refractivity (Wildman–Crippen MR) is 98.3 cm³/mol. The zero-order chi connectivity index (χ0) is 16.5. The number of carbonyl (C=O) groups is 2. The third-order valence-electron chi connectivity index (χ3n) is 3.74. The van der Waals surface area contributed by atoms with E-state index in [9.17, 15) is 9.59 Å². The lowest BCUT2D eigenvalue weighted by Gasteiger charge is -2.08. The molecule has 1 aromatic heterocycles. The van der Waals surface area contributed by atoms with Crippen molar-refractivity contribution >= 4 is 35.6 Å². The van der Waals surface area contributed by atoms with Crippen molar-refractivity contribution in [2.24, 2.45) is 0 Å². The van der Waals surface area contributed by atoms with Gasteiger partial charge in [-0.3, -0.25) is 9.59 Å². The molecule has 1 aliphatic carbocycles. The average Bonchev–Trinajstić information content (AvgIpc) is 3.00. The van der Waals surface area contributed by atoms with Crippen LogP contribution in [0.2, 0.25) is 0 Å². The van der Waals surface area contributed by atoms with Crippen molar-refractivity contribution in [3.05, 3.63) is 21.4 Å². The molecule has 0 spiro atoms. The standard InChI is InChI=1S/C16H25N3O3S.ClH/c1-22-9-8-17-6-7-18-15(20)11-19-16(21)14-10-12-4-2-3-5-13(12)23-14;/h10,17H,2-9,11H2,1H3,(H,18,20)(H,19,21);1H. The van der Waals surface area contributed by atoms with Crippen molar-refractivity contribution in [1.82, 2.24) is 16.0 Å². The lowest BCUT2D eigenvalue weighted by molar-refractivity contribution is -0.120. The van der Waals surface area contributed by atoms with Gasteiger partial charge in [-0.05, 0) is 37.3 Å². The number of fused-ring (bicyclic) bond motifs is 1. The summed E-state index contributed by atoms with van der Waals surface area (Å²) >= 11 is 1.56. The van der Waals surface area contributed by atoms with Crippen LogP contribution in [0.15, 0.2) is 6.07 Å². The zero-order valence-electron chi connectivity index (χ0n) is 14.0. The maximum absolute atomic E-state index is 12.1. The van der Waals surface area contributed by atoms with E-state index in [1.54, 1.807) is 18.4 Å². The smallest absolute Gasteiger partial charge is 0.261 e. The van der Waals surface area contributed by atoms with Crippen molar-refractivity contribution in [3.63, 3.8) is 0 Å². The molecule has 0 saturated heterocycles. The van der Waals surface area contributed by atoms with Crippen LogP contribution in [0, 0.1) is 0 Å². The van der Waals surface area contributed by atoms with Crippen LogP contribution in [-0.4, -0.2) is 51.7 Å². The van der Waals surface area contributed by atoms with Gasteiger partial charge < -0.3 is 20.7 Å². The Hall–Kier alpha value is -1.15. The monoisotopic (exact) mass is 375 g/mol. The van der Waals surface area contributed by atoms with E-state index in [2.05, 4.69) is 16.0 Å². The minimum atomic E-state index is -0.173. The Morgan fingerprint density at radius 2 is 1.96 bits per heavy atom. The maximum Gasteiger partial charge on any atom is 0.261 e. The Labute approximate surface area is 153 Å². The number of hydrogen-bond acceptors (Lipinski definition) is 5. The first kappa shape index (κ1) is 20.9. The summed E-state index contributed by atoms with van der Waals surface area (Å²) in [7, 11) is 1.65. The fourth-order valence-electron chi connectivity index (χ4n) is 2.50. The van der Waals surface area contributed by atoms with E-state index in [0.717, 1.165) is 19.4 Å². The van der Waals surface area contributed by atoms with Crippen molar-refractivity contribution in [1.29, 1.82) is 0 Å². The number of carbonyl (C=O) groups excluding carboxylic acids is 2. The first-order valence-corrected chi connectivity index (χ1v) is 8.88. The summed E-state index contributed by atoms with van der Waals surface area (Å²) in [4.78, 5) is 25.8. The van der Waals surface area contributed by atoms with Gasteiger partial charge in [0.1, 0.15) is 0 Å². The van der Waals surface area contributed by atoms with E-state index >= 15 is 0 Å². The van der Waals surface area contributed by atoms with Gasteiger partial charge in [-0.15, -0.1) is 23.7 Å². The predicted octanol–water partition coefficient (Wildman–Crippen LogP) is 1.13. The highest BCUT2D eigenvalue weighted by molar-refractivity contribution is 7.14. The molecule has 2 rings (SSSR count). The van der Waals surface area contributed by atoms with Gasteiger partial charge in [0.15, 0.2) is 0 Å². The highest BCUT2D eigenvalue weighted by Gasteiger charge is 2.17. The van der Waals surface area contributed by atoms with E-state index in [4.69, 9.17) is 4.74 Å². The largest absolute Gasteiger partial charge is 0.383 e. The van der Waals surface area contributed by atoms with Crippen molar-refractivity contribution < 1.29 is 14.3 Å². The molecule has 0 aromatic carbocycles. The molecule has 0 saturated carbocycles. The fourth-order valence-corrected chi connectivity index (χ4v) is 3.67. The quantitative estimate of drug-likeness (QED) is 0.565. The molecule has 0 atom stereocenters. The lowest BCUT2D eigenvalue weighted by Crippen LogP contribution is -2.39. The summed E-state index contributed by atoms with van der Waals surface area (Å²) in [6, 6.07) is 1.98. The SMILES string of the molecule is COCCNCCNC(=O)CNC(=O)c1cc2c(s1)CCCC2.Cl. The van der Waals surface area contributed by atoms with E-state index in [-0.39, 0.29) is 30.8 Å². The van der Waals surface area contributed by atoms with Gasteiger partial charge in [0.2, 0.25) is 5.91 Å². The van der Waals surface area contributed by atoms with Gasteiger partial charge in [0.25, 0.3) is 5.91 Å². The van der Waals surface area contributed by atoms with Crippen LogP contribution >= 0.6 is 23.7 Å². The second-order valence-corrected chi connectivity index (χ2v) is 6.68. The van der Waals surface area contributed by atoms with Crippen LogP contribution in [0.25, 0.3) is 0 Å². The van der Waals surface area contributed by atoms with Crippen LogP contribution in [0.4, 0.5) is 0 Å². The van der Waals surface area contributed by atoms with Crippen LogP contribution in [0.3, 0.4) is 0 Å². The minimum absolute atomic E-state index is 0.